The molecule has 0 saturated heterocycles. The van der Waals surface area contributed by atoms with Crippen LogP contribution >= 0.6 is 0 Å². The molecule has 0 bridgehead atoms. The highest BCUT2D eigenvalue weighted by Crippen LogP contribution is 2.31. The van der Waals surface area contributed by atoms with Crippen LogP contribution < -0.4 is 10.8 Å². The van der Waals surface area contributed by atoms with Crippen molar-refractivity contribution in [1.29, 1.82) is 10.8 Å². The lowest BCUT2D eigenvalue weighted by molar-refractivity contribution is 0.0963. The number of allylic oxidation sites excluding steroid dienone is 2. The van der Waals surface area contributed by atoms with Crippen molar-refractivity contribution in [2.45, 2.75) is 25.7 Å². The number of hydrogen-bond acceptors (Lipinski definition) is 4. The largest absolute Gasteiger partial charge is 0.306 e. The van der Waals surface area contributed by atoms with Crippen molar-refractivity contribution in [2.75, 3.05) is 0 Å². The highest BCUT2D eigenvalue weighted by molar-refractivity contribution is 5.95. The van der Waals surface area contributed by atoms with E-state index in [0.717, 1.165) is 30.4 Å². The SMILES string of the molecule is C=C/C=C(\N=C)NC(=O)c1cc2c(n(C=N)c1=N)CC[C@@H]2C.[HH]. The van der Waals surface area contributed by atoms with E-state index in [9.17, 15) is 4.79 Å². The van der Waals surface area contributed by atoms with Gasteiger partial charge in [-0.1, -0.05) is 19.6 Å². The third kappa shape index (κ3) is 2.67. The summed E-state index contributed by atoms with van der Waals surface area (Å²) in [6, 6.07) is 1.75. The minimum atomic E-state index is -0.442. The first-order valence-corrected chi connectivity index (χ1v) is 6.97. The van der Waals surface area contributed by atoms with Gasteiger partial charge in [-0.3, -0.25) is 20.2 Å². The number of rotatable bonds is 5. The molecule has 6 heteroatoms. The van der Waals surface area contributed by atoms with Crippen LogP contribution in [0.15, 0.2) is 35.6 Å². The Hall–Kier alpha value is -2.76. The van der Waals surface area contributed by atoms with Crippen molar-refractivity contribution in [1.82, 2.24) is 9.88 Å². The molecule has 0 saturated carbocycles. The van der Waals surface area contributed by atoms with Gasteiger partial charge in [-0.15, -0.1) is 0 Å². The van der Waals surface area contributed by atoms with Crippen LogP contribution in [0.25, 0.3) is 0 Å². The summed E-state index contributed by atoms with van der Waals surface area (Å²) in [5.74, 6) is 0.145. The standard InChI is InChI=1S/C16H19N5O.H2/c1-4-5-14(19-3)20-16(22)12-8-11-10(2)6-7-13(11)21(9-17)15(12)18;/h4-5,8-10,17-18H,1,3,6-7H2,2H3,(H,20,22);1H/b14-5+,17-9?,18-15?;/t10-;/m0./s1. The van der Waals surface area contributed by atoms with Gasteiger partial charge in [0.25, 0.3) is 5.91 Å². The van der Waals surface area contributed by atoms with Gasteiger partial charge >= 0.3 is 0 Å². The molecule has 1 aromatic heterocycles. The molecule has 1 amide bonds. The van der Waals surface area contributed by atoms with Gasteiger partial charge in [0.2, 0.25) is 0 Å². The van der Waals surface area contributed by atoms with Crippen molar-refractivity contribution in [3.8, 4) is 0 Å². The van der Waals surface area contributed by atoms with E-state index in [0.29, 0.717) is 5.92 Å². The summed E-state index contributed by atoms with van der Waals surface area (Å²) in [5.41, 5.74) is 2.18. The van der Waals surface area contributed by atoms with Gasteiger partial charge in [0.05, 0.1) is 11.9 Å². The molecule has 1 aliphatic carbocycles. The Labute approximate surface area is 130 Å². The molecule has 0 aromatic carbocycles. The zero-order valence-corrected chi connectivity index (χ0v) is 12.5. The van der Waals surface area contributed by atoms with Crippen molar-refractivity contribution >= 4 is 19.0 Å². The molecule has 0 unspecified atom stereocenters. The molecule has 0 aliphatic heterocycles. The molecule has 3 N–H and O–H groups in total. The monoisotopic (exact) mass is 299 g/mol. The summed E-state index contributed by atoms with van der Waals surface area (Å²) in [7, 11) is 0. The molecule has 22 heavy (non-hydrogen) atoms. The van der Waals surface area contributed by atoms with Gasteiger partial charge in [0.15, 0.2) is 0 Å². The Morgan fingerprint density at radius 3 is 2.95 bits per heavy atom. The number of nitrogens with zero attached hydrogens (tertiary/aromatic N) is 2. The smallest absolute Gasteiger partial charge is 0.260 e. The fourth-order valence-electron chi connectivity index (χ4n) is 2.66. The maximum Gasteiger partial charge on any atom is 0.260 e. The molecular formula is C16H21N5O. The number of aromatic nitrogens is 1. The molecule has 2 rings (SSSR count). The maximum absolute atomic E-state index is 12.4. The molecule has 0 spiro atoms. The number of fused-ring (bicyclic) bond motifs is 1. The molecule has 1 heterocycles. The van der Waals surface area contributed by atoms with Crippen LogP contribution in [0.3, 0.4) is 0 Å². The zero-order chi connectivity index (χ0) is 16.3. The van der Waals surface area contributed by atoms with E-state index < -0.39 is 5.91 Å². The molecule has 1 aliphatic rings. The Morgan fingerprint density at radius 2 is 2.36 bits per heavy atom. The topological polar surface area (TPSA) is 94.1 Å². The first kappa shape index (κ1) is 15.6. The van der Waals surface area contributed by atoms with Crippen LogP contribution in [0.2, 0.25) is 0 Å². The lowest BCUT2D eigenvalue weighted by Gasteiger charge is -2.13. The van der Waals surface area contributed by atoms with Crippen LogP contribution in [0.4, 0.5) is 0 Å². The van der Waals surface area contributed by atoms with Crippen LogP contribution in [0.1, 0.15) is 42.3 Å². The highest BCUT2D eigenvalue weighted by atomic mass is 16.1. The third-order valence-corrected chi connectivity index (χ3v) is 3.83. The lowest BCUT2D eigenvalue weighted by Crippen LogP contribution is -2.34. The van der Waals surface area contributed by atoms with Crippen molar-refractivity contribution in [3.05, 3.63) is 52.9 Å². The number of nitrogens with one attached hydrogen (secondary N) is 3. The minimum Gasteiger partial charge on any atom is -0.306 e. The van der Waals surface area contributed by atoms with Crippen LogP contribution in [0.5, 0.6) is 0 Å². The van der Waals surface area contributed by atoms with E-state index in [1.807, 2.05) is 0 Å². The predicted octanol–water partition coefficient (Wildman–Crippen LogP) is 2.18. The predicted molar refractivity (Wildman–Crippen MR) is 88.6 cm³/mol. The van der Waals surface area contributed by atoms with Crippen LogP contribution in [0, 0.1) is 10.8 Å². The second-order valence-corrected chi connectivity index (χ2v) is 5.15. The van der Waals surface area contributed by atoms with Crippen LogP contribution in [-0.2, 0) is 6.42 Å². The van der Waals surface area contributed by atoms with E-state index in [-0.39, 0.29) is 18.3 Å². The molecule has 6 nitrogen and oxygen atoms in total. The van der Waals surface area contributed by atoms with Gasteiger partial charge in [0, 0.05) is 7.12 Å². The second-order valence-electron chi connectivity index (χ2n) is 5.15. The van der Waals surface area contributed by atoms with E-state index in [1.54, 1.807) is 6.07 Å². The Balaban J connectivity index is 0.00000264. The van der Waals surface area contributed by atoms with Gasteiger partial charge < -0.3 is 5.32 Å². The second kappa shape index (κ2) is 6.34. The van der Waals surface area contributed by atoms with E-state index >= 15 is 0 Å². The van der Waals surface area contributed by atoms with E-state index in [4.69, 9.17) is 10.8 Å². The summed E-state index contributed by atoms with van der Waals surface area (Å²) in [6.45, 7) is 9.01. The lowest BCUT2D eigenvalue weighted by atomic mass is 10.0. The normalized spacial score (nSPS) is 16.8. The van der Waals surface area contributed by atoms with E-state index in [1.165, 1.54) is 16.7 Å². The van der Waals surface area contributed by atoms with Crippen molar-refractivity contribution < 1.29 is 6.22 Å². The fourth-order valence-corrected chi connectivity index (χ4v) is 2.66. The number of pyridine rings is 1. The average molecular weight is 299 g/mol. The average Bonchev–Trinajstić information content (AvgIpc) is 2.87. The van der Waals surface area contributed by atoms with Gasteiger partial charge in [0.1, 0.15) is 11.3 Å². The molecule has 0 fully saturated rings. The summed E-state index contributed by atoms with van der Waals surface area (Å²) < 4.78 is 1.46. The number of carbonyl (C=O) groups is 1. The fraction of sp³-hybridized carbons (Fsp3) is 0.250. The molecule has 1 atom stereocenters. The molecule has 116 valence electrons. The van der Waals surface area contributed by atoms with Crippen molar-refractivity contribution in [3.63, 3.8) is 0 Å². The Bertz CT molecular complexity index is 748. The first-order valence-electron chi connectivity index (χ1n) is 6.97. The molecule has 0 radical (unpaired) electrons. The number of hydrogen-bond donors (Lipinski definition) is 3. The minimum absolute atomic E-state index is 0. The van der Waals surface area contributed by atoms with Gasteiger partial charge in [-0.25, -0.2) is 4.99 Å². The van der Waals surface area contributed by atoms with E-state index in [2.05, 4.69) is 30.5 Å². The first-order chi connectivity index (χ1) is 10.5. The number of carbonyl (C=O) groups excluding carboxylic acids is 1. The molecule has 1 aromatic rings. The third-order valence-electron chi connectivity index (χ3n) is 3.83. The summed E-state index contributed by atoms with van der Waals surface area (Å²) in [4.78, 5) is 16.1. The highest BCUT2D eigenvalue weighted by Gasteiger charge is 2.24. The zero-order valence-electron chi connectivity index (χ0n) is 12.5. The van der Waals surface area contributed by atoms with Gasteiger partial charge in [-0.05, 0) is 43.2 Å². The van der Waals surface area contributed by atoms with Crippen LogP contribution in [-0.4, -0.2) is 23.5 Å². The maximum atomic E-state index is 12.4. The quantitative estimate of drug-likeness (QED) is 0.434. The number of amides is 1. The number of aliphatic imine (C=N–C) groups is 1. The Kier molecular flexibility index (Phi) is 4.50. The molecular weight excluding hydrogens is 278 g/mol. The van der Waals surface area contributed by atoms with Crippen molar-refractivity contribution in [2.24, 2.45) is 4.99 Å². The summed E-state index contributed by atoms with van der Waals surface area (Å²) in [5, 5.41) is 18.3. The van der Waals surface area contributed by atoms with Gasteiger partial charge in [-0.2, -0.15) is 0 Å². The summed E-state index contributed by atoms with van der Waals surface area (Å²) >= 11 is 0. The Morgan fingerprint density at radius 1 is 1.64 bits per heavy atom. The summed E-state index contributed by atoms with van der Waals surface area (Å²) in [6.07, 6.45) is 5.88.